The molecule has 1 heterocycles. The first kappa shape index (κ1) is 21.4. The fourth-order valence-electron chi connectivity index (χ4n) is 3.73. The van der Waals surface area contributed by atoms with Crippen LogP contribution < -0.4 is 5.32 Å². The van der Waals surface area contributed by atoms with Gasteiger partial charge in [-0.1, -0.05) is 6.42 Å². The van der Waals surface area contributed by atoms with Crippen molar-refractivity contribution in [3.05, 3.63) is 59.9 Å². The molecule has 31 heavy (non-hydrogen) atoms. The first-order valence-corrected chi connectivity index (χ1v) is 10.6. The highest BCUT2D eigenvalue weighted by atomic mass is 19.1. The van der Waals surface area contributed by atoms with Gasteiger partial charge >= 0.3 is 0 Å². The molecule has 2 aliphatic carbocycles. The number of aliphatic hydroxyl groups is 1. The second-order valence-electron chi connectivity index (χ2n) is 8.30. The monoisotopic (exact) mass is 430 g/mol. The number of halogens is 3. The fourth-order valence-corrected chi connectivity index (χ4v) is 3.73. The Morgan fingerprint density at radius 3 is 2.32 bits per heavy atom. The Hall–Kier alpha value is -2.80. The van der Waals surface area contributed by atoms with Crippen LogP contribution in [0.1, 0.15) is 32.1 Å². The van der Waals surface area contributed by atoms with E-state index in [1.807, 2.05) is 0 Å². The van der Waals surface area contributed by atoms with Crippen molar-refractivity contribution in [2.45, 2.75) is 38.1 Å². The normalized spacial score (nSPS) is 16.9. The molecule has 1 aromatic heterocycles. The van der Waals surface area contributed by atoms with Gasteiger partial charge in [-0.3, -0.25) is 4.79 Å². The molecule has 0 bridgehead atoms. The minimum absolute atomic E-state index is 0.0353. The van der Waals surface area contributed by atoms with Gasteiger partial charge < -0.3 is 15.4 Å². The number of fused-ring (bicyclic) bond motifs is 1. The van der Waals surface area contributed by atoms with Crippen molar-refractivity contribution < 1.29 is 23.1 Å². The molecule has 0 saturated heterocycles. The average Bonchev–Trinajstić information content (AvgIpc) is 3.45. The lowest BCUT2D eigenvalue weighted by Crippen LogP contribution is -2.43. The van der Waals surface area contributed by atoms with Crippen LogP contribution in [0, 0.1) is 29.3 Å². The lowest BCUT2D eigenvalue weighted by molar-refractivity contribution is -0.128. The highest BCUT2D eigenvalue weighted by molar-refractivity contribution is 5.86. The molecule has 1 atom stereocenters. The third-order valence-corrected chi connectivity index (χ3v) is 5.99. The summed E-state index contributed by atoms with van der Waals surface area (Å²) in [6.07, 6.45) is 5.58. The summed E-state index contributed by atoms with van der Waals surface area (Å²) in [6, 6.07) is 9.54. The number of benzene rings is 2. The van der Waals surface area contributed by atoms with Crippen molar-refractivity contribution in [1.29, 1.82) is 0 Å². The summed E-state index contributed by atoms with van der Waals surface area (Å²) in [6.45, 7) is 0.100. The van der Waals surface area contributed by atoms with E-state index in [9.17, 15) is 18.0 Å². The Morgan fingerprint density at radius 1 is 1.03 bits per heavy atom. The zero-order valence-electron chi connectivity index (χ0n) is 17.0. The first-order chi connectivity index (χ1) is 14.9. The molecule has 0 spiro atoms. The maximum absolute atomic E-state index is 13.5. The van der Waals surface area contributed by atoms with Crippen LogP contribution in [0.3, 0.4) is 0 Å². The van der Waals surface area contributed by atoms with Gasteiger partial charge in [0.15, 0.2) is 0 Å². The summed E-state index contributed by atoms with van der Waals surface area (Å²) in [5, 5.41) is 12.4. The van der Waals surface area contributed by atoms with Gasteiger partial charge in [0.05, 0.1) is 18.2 Å². The third-order valence-electron chi connectivity index (χ3n) is 5.99. The number of hydrogen-bond acceptors (Lipinski definition) is 2. The Labute approximate surface area is 178 Å². The second kappa shape index (κ2) is 9.14. The number of aromatic nitrogens is 1. The average molecular weight is 430 g/mol. The van der Waals surface area contributed by atoms with Gasteiger partial charge in [-0.25, -0.2) is 13.2 Å². The zero-order chi connectivity index (χ0) is 22.0. The largest absolute Gasteiger partial charge is 0.394 e. The standard InChI is InChI=1S/C14H8F3N.C10H17NO2/c15-10-3-1-8(2-4-10)13-6-9-5-11(16)7-12(17)14(9)18-13;12-6-9(7-4-5-7)11-10(13)8-2-1-3-8/h1-7,18H;7-9,12H,1-6H2,(H,11,13). The molecule has 2 fully saturated rings. The summed E-state index contributed by atoms with van der Waals surface area (Å²) in [5.41, 5.74) is 1.58. The van der Waals surface area contributed by atoms with Crippen LogP contribution in [0.25, 0.3) is 22.2 Å². The molecule has 4 nitrogen and oxygen atoms in total. The number of aliphatic hydroxyl groups excluding tert-OH is 1. The molecule has 5 rings (SSSR count). The van der Waals surface area contributed by atoms with E-state index >= 15 is 0 Å². The maximum atomic E-state index is 13.5. The molecule has 1 amide bonds. The number of nitrogens with one attached hydrogen (secondary N) is 2. The summed E-state index contributed by atoms with van der Waals surface area (Å²) in [4.78, 5) is 14.4. The Morgan fingerprint density at radius 2 is 1.74 bits per heavy atom. The lowest BCUT2D eigenvalue weighted by atomic mass is 9.84. The Kier molecular flexibility index (Phi) is 6.32. The van der Waals surface area contributed by atoms with Crippen molar-refractivity contribution in [3.63, 3.8) is 0 Å². The van der Waals surface area contributed by atoms with E-state index in [1.165, 1.54) is 24.6 Å². The van der Waals surface area contributed by atoms with Crippen molar-refractivity contribution >= 4 is 16.8 Å². The van der Waals surface area contributed by atoms with Crippen molar-refractivity contribution in [3.8, 4) is 11.3 Å². The number of aromatic amines is 1. The summed E-state index contributed by atoms with van der Waals surface area (Å²) < 4.78 is 39.4. The highest BCUT2D eigenvalue weighted by Gasteiger charge is 2.34. The van der Waals surface area contributed by atoms with E-state index in [0.29, 0.717) is 22.6 Å². The van der Waals surface area contributed by atoms with Crippen LogP contribution >= 0.6 is 0 Å². The number of hydrogen-bond donors (Lipinski definition) is 3. The summed E-state index contributed by atoms with van der Waals surface area (Å²) in [5.74, 6) is -0.644. The first-order valence-electron chi connectivity index (χ1n) is 10.6. The molecule has 3 aromatic rings. The molecular formula is C24H25F3N2O2. The van der Waals surface area contributed by atoms with E-state index < -0.39 is 11.6 Å². The Bertz CT molecular complexity index is 1060. The lowest BCUT2D eigenvalue weighted by Gasteiger charge is -2.26. The van der Waals surface area contributed by atoms with Crippen molar-refractivity contribution in [2.75, 3.05) is 6.61 Å². The molecule has 0 radical (unpaired) electrons. The summed E-state index contributed by atoms with van der Waals surface area (Å²) >= 11 is 0. The molecule has 7 heteroatoms. The zero-order valence-corrected chi connectivity index (χ0v) is 17.0. The quantitative estimate of drug-likeness (QED) is 0.538. The van der Waals surface area contributed by atoms with E-state index in [0.717, 1.165) is 31.7 Å². The molecule has 0 aliphatic heterocycles. The topological polar surface area (TPSA) is 65.1 Å². The van der Waals surface area contributed by atoms with Gasteiger partial charge in [0.2, 0.25) is 5.91 Å². The highest BCUT2D eigenvalue weighted by Crippen LogP contribution is 2.33. The van der Waals surface area contributed by atoms with Gasteiger partial charge in [-0.2, -0.15) is 0 Å². The molecule has 2 aliphatic rings. The van der Waals surface area contributed by atoms with E-state index in [4.69, 9.17) is 5.11 Å². The van der Waals surface area contributed by atoms with Crippen LogP contribution in [0.5, 0.6) is 0 Å². The van der Waals surface area contributed by atoms with Gasteiger partial charge in [0.25, 0.3) is 0 Å². The molecular weight excluding hydrogens is 405 g/mol. The second-order valence-corrected chi connectivity index (χ2v) is 8.30. The van der Waals surface area contributed by atoms with Crippen molar-refractivity contribution in [1.82, 2.24) is 10.3 Å². The Balaban J connectivity index is 0.000000158. The van der Waals surface area contributed by atoms with Gasteiger partial charge in [0, 0.05) is 23.1 Å². The smallest absolute Gasteiger partial charge is 0.223 e. The van der Waals surface area contributed by atoms with Crippen LogP contribution in [-0.4, -0.2) is 28.6 Å². The molecule has 3 N–H and O–H groups in total. The predicted molar refractivity (Wildman–Crippen MR) is 113 cm³/mol. The van der Waals surface area contributed by atoms with Crippen LogP contribution in [0.2, 0.25) is 0 Å². The van der Waals surface area contributed by atoms with E-state index in [-0.39, 0.29) is 35.8 Å². The van der Waals surface area contributed by atoms with Gasteiger partial charge in [0.1, 0.15) is 17.5 Å². The molecule has 164 valence electrons. The maximum Gasteiger partial charge on any atom is 0.223 e. The number of amides is 1. The van der Waals surface area contributed by atoms with Gasteiger partial charge in [-0.15, -0.1) is 0 Å². The number of carbonyl (C=O) groups excluding carboxylic acids is 1. The minimum atomic E-state index is -0.640. The number of carbonyl (C=O) groups is 1. The minimum Gasteiger partial charge on any atom is -0.394 e. The molecule has 2 aromatic carbocycles. The van der Waals surface area contributed by atoms with E-state index in [1.54, 1.807) is 18.2 Å². The van der Waals surface area contributed by atoms with E-state index in [2.05, 4.69) is 10.3 Å². The molecule has 1 unspecified atom stereocenters. The fraction of sp³-hybridized carbons (Fsp3) is 0.375. The van der Waals surface area contributed by atoms with Gasteiger partial charge in [-0.05, 0) is 73.6 Å². The van der Waals surface area contributed by atoms with Crippen LogP contribution in [0.15, 0.2) is 42.5 Å². The van der Waals surface area contributed by atoms with Crippen LogP contribution in [-0.2, 0) is 4.79 Å². The number of H-pyrrole nitrogens is 1. The van der Waals surface area contributed by atoms with Crippen LogP contribution in [0.4, 0.5) is 13.2 Å². The predicted octanol–water partition coefficient (Wildman–Crippen LogP) is 4.93. The number of rotatable bonds is 5. The molecule has 2 saturated carbocycles. The third kappa shape index (κ3) is 5.10. The SMILES string of the molecule is Fc1ccc(-c2cc3cc(F)cc(F)c3[nH]2)cc1.O=C(NC(CO)C1CC1)C1CCC1. The summed E-state index contributed by atoms with van der Waals surface area (Å²) in [7, 11) is 0. The van der Waals surface area contributed by atoms with Crippen molar-refractivity contribution in [2.24, 2.45) is 11.8 Å².